The SMILES string of the molecule is COCC(C)(CN)NCc1ccccc1. The highest BCUT2D eigenvalue weighted by molar-refractivity contribution is 5.14. The first-order valence-corrected chi connectivity index (χ1v) is 5.18. The smallest absolute Gasteiger partial charge is 0.0654 e. The maximum Gasteiger partial charge on any atom is 0.0654 e. The Hall–Kier alpha value is -0.900. The second-order valence-corrected chi connectivity index (χ2v) is 4.04. The maximum absolute atomic E-state index is 5.71. The van der Waals surface area contributed by atoms with Gasteiger partial charge in [-0.15, -0.1) is 0 Å². The molecule has 0 bridgehead atoms. The lowest BCUT2D eigenvalue weighted by molar-refractivity contribution is 0.122. The van der Waals surface area contributed by atoms with Crippen molar-refractivity contribution in [3.05, 3.63) is 35.9 Å². The van der Waals surface area contributed by atoms with Gasteiger partial charge in [0.15, 0.2) is 0 Å². The van der Waals surface area contributed by atoms with E-state index in [-0.39, 0.29) is 5.54 Å². The van der Waals surface area contributed by atoms with Crippen LogP contribution in [0.3, 0.4) is 0 Å². The van der Waals surface area contributed by atoms with Crippen LogP contribution in [0.4, 0.5) is 0 Å². The molecule has 0 heterocycles. The third-order valence-corrected chi connectivity index (χ3v) is 2.48. The van der Waals surface area contributed by atoms with Gasteiger partial charge in [0, 0.05) is 20.2 Å². The van der Waals surface area contributed by atoms with Gasteiger partial charge in [-0.3, -0.25) is 0 Å². The van der Waals surface area contributed by atoms with Crippen molar-refractivity contribution in [3.8, 4) is 0 Å². The Morgan fingerprint density at radius 3 is 2.53 bits per heavy atom. The summed E-state index contributed by atoms with van der Waals surface area (Å²) < 4.78 is 5.14. The lowest BCUT2D eigenvalue weighted by atomic mass is 10.0. The summed E-state index contributed by atoms with van der Waals surface area (Å²) in [5.41, 5.74) is 6.82. The van der Waals surface area contributed by atoms with Gasteiger partial charge >= 0.3 is 0 Å². The highest BCUT2D eigenvalue weighted by atomic mass is 16.5. The molecule has 1 rings (SSSR count). The molecule has 0 fully saturated rings. The molecule has 3 nitrogen and oxygen atoms in total. The van der Waals surface area contributed by atoms with Gasteiger partial charge in [0.1, 0.15) is 0 Å². The minimum atomic E-state index is -0.148. The molecule has 0 aliphatic heterocycles. The molecule has 0 spiro atoms. The van der Waals surface area contributed by atoms with Crippen molar-refractivity contribution in [3.63, 3.8) is 0 Å². The molecular formula is C12H20N2O. The number of hydrogen-bond acceptors (Lipinski definition) is 3. The van der Waals surface area contributed by atoms with E-state index in [0.29, 0.717) is 13.2 Å². The van der Waals surface area contributed by atoms with Crippen LogP contribution >= 0.6 is 0 Å². The van der Waals surface area contributed by atoms with Crippen LogP contribution in [-0.2, 0) is 11.3 Å². The van der Waals surface area contributed by atoms with Crippen molar-refractivity contribution in [1.82, 2.24) is 5.32 Å². The zero-order valence-electron chi connectivity index (χ0n) is 9.49. The molecule has 84 valence electrons. The molecule has 1 atom stereocenters. The third-order valence-electron chi connectivity index (χ3n) is 2.48. The van der Waals surface area contributed by atoms with E-state index < -0.39 is 0 Å². The number of rotatable bonds is 6. The van der Waals surface area contributed by atoms with E-state index in [1.54, 1.807) is 7.11 Å². The maximum atomic E-state index is 5.71. The predicted molar refractivity (Wildman–Crippen MR) is 62.6 cm³/mol. The summed E-state index contributed by atoms with van der Waals surface area (Å²) in [5, 5.41) is 3.41. The molecule has 1 aromatic carbocycles. The molecule has 0 saturated carbocycles. The van der Waals surface area contributed by atoms with Gasteiger partial charge in [0.25, 0.3) is 0 Å². The predicted octanol–water partition coefficient (Wildman–Crippen LogP) is 1.14. The highest BCUT2D eigenvalue weighted by Crippen LogP contribution is 2.05. The van der Waals surface area contributed by atoms with Crippen LogP contribution in [0, 0.1) is 0 Å². The van der Waals surface area contributed by atoms with Crippen LogP contribution in [0.15, 0.2) is 30.3 Å². The van der Waals surface area contributed by atoms with E-state index in [9.17, 15) is 0 Å². The molecule has 0 saturated heterocycles. The lowest BCUT2D eigenvalue weighted by Crippen LogP contribution is -2.51. The molecule has 0 aliphatic rings. The van der Waals surface area contributed by atoms with E-state index in [1.807, 2.05) is 18.2 Å². The number of hydrogen-bond donors (Lipinski definition) is 2. The van der Waals surface area contributed by atoms with Crippen molar-refractivity contribution in [2.45, 2.75) is 19.0 Å². The fraction of sp³-hybridized carbons (Fsp3) is 0.500. The molecule has 15 heavy (non-hydrogen) atoms. The Bertz CT molecular complexity index is 276. The van der Waals surface area contributed by atoms with E-state index in [4.69, 9.17) is 10.5 Å². The van der Waals surface area contributed by atoms with E-state index in [1.165, 1.54) is 5.56 Å². The molecule has 3 N–H and O–H groups in total. The summed E-state index contributed by atoms with van der Waals surface area (Å²) >= 11 is 0. The summed E-state index contributed by atoms with van der Waals surface area (Å²) in [6.45, 7) is 4.07. The first-order valence-electron chi connectivity index (χ1n) is 5.18. The molecule has 0 aromatic heterocycles. The summed E-state index contributed by atoms with van der Waals surface area (Å²) in [5.74, 6) is 0. The fourth-order valence-electron chi connectivity index (χ4n) is 1.41. The van der Waals surface area contributed by atoms with Gasteiger partial charge in [-0.25, -0.2) is 0 Å². The number of methoxy groups -OCH3 is 1. The zero-order valence-corrected chi connectivity index (χ0v) is 9.49. The normalized spacial score (nSPS) is 14.9. The third kappa shape index (κ3) is 4.00. The van der Waals surface area contributed by atoms with Gasteiger partial charge in [0.05, 0.1) is 12.1 Å². The Morgan fingerprint density at radius 2 is 2.00 bits per heavy atom. The molecule has 0 amide bonds. The molecule has 1 unspecified atom stereocenters. The van der Waals surface area contributed by atoms with Crippen molar-refractivity contribution in [2.75, 3.05) is 20.3 Å². The van der Waals surface area contributed by atoms with Crippen LogP contribution in [-0.4, -0.2) is 25.8 Å². The van der Waals surface area contributed by atoms with Gasteiger partial charge < -0.3 is 15.8 Å². The molecular weight excluding hydrogens is 188 g/mol. The molecule has 0 aliphatic carbocycles. The number of nitrogens with one attached hydrogen (secondary N) is 1. The van der Waals surface area contributed by atoms with Gasteiger partial charge in [-0.05, 0) is 12.5 Å². The van der Waals surface area contributed by atoms with Crippen molar-refractivity contribution in [1.29, 1.82) is 0 Å². The first-order chi connectivity index (χ1) is 7.20. The molecule has 0 radical (unpaired) electrons. The average molecular weight is 208 g/mol. The topological polar surface area (TPSA) is 47.3 Å². The Kier molecular flexibility index (Phi) is 4.75. The van der Waals surface area contributed by atoms with Crippen molar-refractivity contribution >= 4 is 0 Å². The van der Waals surface area contributed by atoms with Gasteiger partial charge in [-0.2, -0.15) is 0 Å². The Morgan fingerprint density at radius 1 is 1.33 bits per heavy atom. The standard InChI is InChI=1S/C12H20N2O/c1-12(9-13,10-15-2)14-8-11-6-4-3-5-7-11/h3-7,14H,8-10,13H2,1-2H3. The molecule has 3 heteroatoms. The summed E-state index contributed by atoms with van der Waals surface area (Å²) in [6.07, 6.45) is 0. The lowest BCUT2D eigenvalue weighted by Gasteiger charge is -2.28. The van der Waals surface area contributed by atoms with E-state index in [0.717, 1.165) is 6.54 Å². The highest BCUT2D eigenvalue weighted by Gasteiger charge is 2.20. The van der Waals surface area contributed by atoms with Crippen LogP contribution in [0.5, 0.6) is 0 Å². The monoisotopic (exact) mass is 208 g/mol. The quantitative estimate of drug-likeness (QED) is 0.737. The van der Waals surface area contributed by atoms with Crippen molar-refractivity contribution in [2.24, 2.45) is 5.73 Å². The van der Waals surface area contributed by atoms with Crippen LogP contribution < -0.4 is 11.1 Å². The number of ether oxygens (including phenoxy) is 1. The zero-order chi connectivity index (χ0) is 11.1. The fourth-order valence-corrected chi connectivity index (χ4v) is 1.41. The van der Waals surface area contributed by atoms with Crippen molar-refractivity contribution < 1.29 is 4.74 Å². The number of benzene rings is 1. The molecule has 1 aromatic rings. The Labute approximate surface area is 91.6 Å². The first kappa shape index (κ1) is 12.2. The summed E-state index contributed by atoms with van der Waals surface area (Å²) in [6, 6.07) is 10.3. The number of nitrogens with two attached hydrogens (primary N) is 1. The van der Waals surface area contributed by atoms with Gasteiger partial charge in [0.2, 0.25) is 0 Å². The second-order valence-electron chi connectivity index (χ2n) is 4.04. The summed E-state index contributed by atoms with van der Waals surface area (Å²) in [7, 11) is 1.69. The van der Waals surface area contributed by atoms with Crippen LogP contribution in [0.1, 0.15) is 12.5 Å². The van der Waals surface area contributed by atoms with E-state index >= 15 is 0 Å². The van der Waals surface area contributed by atoms with Crippen LogP contribution in [0.25, 0.3) is 0 Å². The van der Waals surface area contributed by atoms with E-state index in [2.05, 4.69) is 24.4 Å². The minimum absolute atomic E-state index is 0.148. The van der Waals surface area contributed by atoms with Gasteiger partial charge in [-0.1, -0.05) is 30.3 Å². The summed E-state index contributed by atoms with van der Waals surface area (Å²) in [4.78, 5) is 0. The largest absolute Gasteiger partial charge is 0.383 e. The van der Waals surface area contributed by atoms with Crippen LogP contribution in [0.2, 0.25) is 0 Å². The average Bonchev–Trinajstić information content (AvgIpc) is 2.28. The minimum Gasteiger partial charge on any atom is -0.383 e. The second kappa shape index (κ2) is 5.85. The Balaban J connectivity index is 2.47.